The van der Waals surface area contributed by atoms with Gasteiger partial charge in [0.1, 0.15) is 5.69 Å². The van der Waals surface area contributed by atoms with Crippen molar-refractivity contribution >= 4 is 33.5 Å². The van der Waals surface area contributed by atoms with Gasteiger partial charge in [0, 0.05) is 23.2 Å². The smallest absolute Gasteiger partial charge is 0.273 e. The third kappa shape index (κ3) is 3.64. The predicted molar refractivity (Wildman–Crippen MR) is 114 cm³/mol. The first-order valence-corrected chi connectivity index (χ1v) is 10.9. The lowest BCUT2D eigenvalue weighted by Gasteiger charge is -2.28. The molecule has 1 fully saturated rings. The highest BCUT2D eigenvalue weighted by Gasteiger charge is 2.23. The standard InChI is InChI=1S/C21H26N4O2S/c1-3-28-19-7-6-16(20(26)22-14-15-8-11-24(2)12-9-15)13-17(19)23-21(27)18-5-4-10-25(18)28/h3-7,10,13,15H,8-9,11-12,14H2,1-2H3,(H,22,26)(H,23,27). The van der Waals surface area contributed by atoms with Crippen LogP contribution in [0.25, 0.3) is 0 Å². The molecule has 2 amide bonds. The number of nitrogens with zero attached hydrogens (tertiary/aromatic N) is 2. The molecule has 1 saturated heterocycles. The number of piperidine rings is 1. The molecule has 1 unspecified atom stereocenters. The SMILES string of the molecule is C/C=S1/c2ccc(C(=O)NCC3CCN(C)CC3)cc2NC(=O)c2cccn21. The Bertz CT molecular complexity index is 942. The van der Waals surface area contributed by atoms with E-state index in [0.29, 0.717) is 29.4 Å². The van der Waals surface area contributed by atoms with Crippen LogP contribution in [0, 0.1) is 5.92 Å². The summed E-state index contributed by atoms with van der Waals surface area (Å²) in [6.07, 6.45) is 4.16. The molecule has 3 heterocycles. The highest BCUT2D eigenvalue weighted by molar-refractivity contribution is 8.13. The molecule has 0 radical (unpaired) electrons. The second kappa shape index (κ2) is 7.93. The number of aromatic nitrogens is 1. The fraction of sp³-hybridized carbons (Fsp3) is 0.381. The Hall–Kier alpha value is -2.38. The van der Waals surface area contributed by atoms with Crippen LogP contribution in [0.4, 0.5) is 5.69 Å². The highest BCUT2D eigenvalue weighted by Crippen LogP contribution is 2.38. The van der Waals surface area contributed by atoms with Crippen LogP contribution in [0.15, 0.2) is 41.4 Å². The van der Waals surface area contributed by atoms with Crippen LogP contribution >= 0.6 is 10.7 Å². The first-order valence-electron chi connectivity index (χ1n) is 9.69. The van der Waals surface area contributed by atoms with E-state index in [1.165, 1.54) is 0 Å². The van der Waals surface area contributed by atoms with E-state index in [-0.39, 0.29) is 22.5 Å². The zero-order valence-electron chi connectivity index (χ0n) is 16.3. The Morgan fingerprint density at radius 3 is 2.86 bits per heavy atom. The summed E-state index contributed by atoms with van der Waals surface area (Å²) < 4.78 is 1.99. The third-order valence-corrected chi connectivity index (χ3v) is 7.48. The van der Waals surface area contributed by atoms with Gasteiger partial charge in [0.05, 0.1) is 5.69 Å². The van der Waals surface area contributed by atoms with Crippen molar-refractivity contribution < 1.29 is 9.59 Å². The molecule has 0 saturated carbocycles. The lowest BCUT2D eigenvalue weighted by molar-refractivity contribution is 0.0937. The van der Waals surface area contributed by atoms with Crippen molar-refractivity contribution in [1.82, 2.24) is 14.2 Å². The Morgan fingerprint density at radius 1 is 1.32 bits per heavy atom. The second-order valence-corrected chi connectivity index (χ2v) is 9.32. The molecule has 2 aliphatic heterocycles. The van der Waals surface area contributed by atoms with Crippen molar-refractivity contribution in [2.75, 3.05) is 32.0 Å². The molecule has 1 atom stereocenters. The summed E-state index contributed by atoms with van der Waals surface area (Å²) in [6, 6.07) is 9.31. The van der Waals surface area contributed by atoms with Crippen LogP contribution < -0.4 is 10.6 Å². The first kappa shape index (κ1) is 19.0. The van der Waals surface area contributed by atoms with Crippen LogP contribution in [-0.2, 0) is 0 Å². The number of nitrogens with one attached hydrogen (secondary N) is 2. The third-order valence-electron chi connectivity index (χ3n) is 5.49. The van der Waals surface area contributed by atoms with Crippen molar-refractivity contribution in [2.45, 2.75) is 24.7 Å². The fourth-order valence-electron chi connectivity index (χ4n) is 3.80. The first-order chi connectivity index (χ1) is 13.6. The summed E-state index contributed by atoms with van der Waals surface area (Å²) in [5.41, 5.74) is 1.92. The van der Waals surface area contributed by atoms with Gasteiger partial charge >= 0.3 is 0 Å². The monoisotopic (exact) mass is 398 g/mol. The van der Waals surface area contributed by atoms with Gasteiger partial charge in [-0.15, -0.1) is 0 Å². The number of fused-ring (bicyclic) bond motifs is 2. The zero-order chi connectivity index (χ0) is 19.7. The van der Waals surface area contributed by atoms with Crippen LogP contribution in [0.3, 0.4) is 0 Å². The number of anilines is 1. The molecule has 4 rings (SSSR count). The molecule has 2 N–H and O–H groups in total. The largest absolute Gasteiger partial charge is 0.352 e. The van der Waals surface area contributed by atoms with Crippen LogP contribution in [-0.4, -0.2) is 52.7 Å². The topological polar surface area (TPSA) is 66.4 Å². The lowest BCUT2D eigenvalue weighted by Crippen LogP contribution is -2.36. The molecular formula is C21H26N4O2S. The lowest BCUT2D eigenvalue weighted by atomic mass is 9.97. The molecule has 0 bridgehead atoms. The maximum atomic E-state index is 12.7. The van der Waals surface area contributed by atoms with Gasteiger partial charge in [-0.3, -0.25) is 13.6 Å². The zero-order valence-corrected chi connectivity index (χ0v) is 17.1. The van der Waals surface area contributed by atoms with Gasteiger partial charge in [-0.25, -0.2) is 0 Å². The van der Waals surface area contributed by atoms with Gasteiger partial charge in [-0.2, -0.15) is 0 Å². The molecular weight excluding hydrogens is 372 g/mol. The fourth-order valence-corrected chi connectivity index (χ4v) is 5.60. The summed E-state index contributed by atoms with van der Waals surface area (Å²) in [6.45, 7) is 4.87. The van der Waals surface area contributed by atoms with Crippen molar-refractivity contribution in [3.8, 4) is 0 Å². The van der Waals surface area contributed by atoms with Crippen molar-refractivity contribution in [2.24, 2.45) is 5.92 Å². The summed E-state index contributed by atoms with van der Waals surface area (Å²) in [5.74, 6) is 0.305. The van der Waals surface area contributed by atoms with E-state index in [4.69, 9.17) is 0 Å². The number of benzene rings is 1. The number of rotatable bonds is 3. The van der Waals surface area contributed by atoms with Crippen LogP contribution in [0.1, 0.15) is 40.6 Å². The number of carbonyl (C=O) groups is 2. The minimum atomic E-state index is -0.369. The molecule has 7 heteroatoms. The maximum absolute atomic E-state index is 12.7. The Balaban J connectivity index is 1.53. The number of hydrogen-bond donors (Lipinski definition) is 2. The predicted octanol–water partition coefficient (Wildman–Crippen LogP) is 3.04. The molecule has 28 heavy (non-hydrogen) atoms. The normalized spacial score (nSPS) is 20.2. The Labute approximate surface area is 168 Å². The number of hydrogen-bond acceptors (Lipinski definition) is 3. The average molecular weight is 399 g/mol. The molecule has 2 aromatic rings. The van der Waals surface area contributed by atoms with E-state index >= 15 is 0 Å². The molecule has 0 spiro atoms. The van der Waals surface area contributed by atoms with Crippen LogP contribution in [0.2, 0.25) is 0 Å². The van der Waals surface area contributed by atoms with Crippen molar-refractivity contribution in [3.63, 3.8) is 0 Å². The van der Waals surface area contributed by atoms with E-state index in [2.05, 4.69) is 27.9 Å². The highest BCUT2D eigenvalue weighted by atomic mass is 32.2. The van der Waals surface area contributed by atoms with E-state index in [1.54, 1.807) is 6.07 Å². The summed E-state index contributed by atoms with van der Waals surface area (Å²) in [4.78, 5) is 28.6. The minimum absolute atomic E-state index is 0.0832. The number of carbonyl (C=O) groups excluding carboxylic acids is 2. The molecule has 2 aliphatic rings. The summed E-state index contributed by atoms with van der Waals surface area (Å²) in [7, 11) is 1.77. The number of likely N-dealkylation sites (tertiary alicyclic amines) is 1. The van der Waals surface area contributed by atoms with Gasteiger partial charge in [-0.05, 0) is 81.5 Å². The molecule has 6 nitrogen and oxygen atoms in total. The maximum Gasteiger partial charge on any atom is 0.273 e. The van der Waals surface area contributed by atoms with Gasteiger partial charge in [0.2, 0.25) is 0 Å². The van der Waals surface area contributed by atoms with E-state index in [9.17, 15) is 9.59 Å². The summed E-state index contributed by atoms with van der Waals surface area (Å²) in [5, 5.41) is 8.14. The van der Waals surface area contributed by atoms with Gasteiger partial charge in [0.25, 0.3) is 11.8 Å². The second-order valence-electron chi connectivity index (χ2n) is 7.39. The molecule has 1 aromatic carbocycles. The molecule has 148 valence electrons. The average Bonchev–Trinajstić information content (AvgIpc) is 3.14. The Kier molecular flexibility index (Phi) is 5.37. The number of amides is 2. The van der Waals surface area contributed by atoms with E-state index in [1.807, 2.05) is 41.4 Å². The van der Waals surface area contributed by atoms with Crippen LogP contribution in [0.5, 0.6) is 0 Å². The van der Waals surface area contributed by atoms with Crippen molar-refractivity contribution in [1.29, 1.82) is 0 Å². The quantitative estimate of drug-likeness (QED) is 0.781. The van der Waals surface area contributed by atoms with Gasteiger partial charge in [0.15, 0.2) is 0 Å². The van der Waals surface area contributed by atoms with E-state index in [0.717, 1.165) is 30.8 Å². The van der Waals surface area contributed by atoms with Gasteiger partial charge in [-0.1, -0.05) is 10.7 Å². The summed E-state index contributed by atoms with van der Waals surface area (Å²) >= 11 is 0. The minimum Gasteiger partial charge on any atom is -0.352 e. The van der Waals surface area contributed by atoms with Gasteiger partial charge < -0.3 is 15.5 Å². The van der Waals surface area contributed by atoms with E-state index < -0.39 is 0 Å². The molecule has 1 aromatic heterocycles. The van der Waals surface area contributed by atoms with Crippen molar-refractivity contribution in [3.05, 3.63) is 47.8 Å². The Morgan fingerprint density at radius 2 is 2.11 bits per heavy atom. The molecule has 0 aliphatic carbocycles.